The number of ether oxygens (including phenoxy) is 1. The molecule has 158 valence electrons. The second-order valence-corrected chi connectivity index (χ2v) is 7.08. The second kappa shape index (κ2) is 9.98. The van der Waals surface area contributed by atoms with Crippen LogP contribution in [0.4, 0.5) is 4.39 Å². The Kier molecular flexibility index (Phi) is 7.13. The van der Waals surface area contributed by atoms with Crippen LogP contribution in [0.1, 0.15) is 23.9 Å². The number of aryl methyl sites for hydroxylation is 1. The zero-order chi connectivity index (χ0) is 21.5. The highest BCUT2D eigenvalue weighted by Gasteiger charge is 2.17. The number of carbonyl (C=O) groups excluding carboxylic acids is 1. The molecule has 0 fully saturated rings. The van der Waals surface area contributed by atoms with Crippen molar-refractivity contribution in [3.8, 4) is 17.1 Å². The summed E-state index contributed by atoms with van der Waals surface area (Å²) in [7, 11) is 5.38. The average molecular weight is 412 g/mol. The van der Waals surface area contributed by atoms with E-state index in [2.05, 4.69) is 15.5 Å². The first-order valence-electron chi connectivity index (χ1n) is 9.62. The van der Waals surface area contributed by atoms with Crippen LogP contribution in [0.5, 0.6) is 5.75 Å². The molecule has 0 aliphatic carbocycles. The summed E-state index contributed by atoms with van der Waals surface area (Å²) in [5, 5.41) is 6.86. The molecule has 0 spiro atoms. The fourth-order valence-electron chi connectivity index (χ4n) is 3.05. The number of aromatic nitrogens is 2. The van der Waals surface area contributed by atoms with E-state index in [1.54, 1.807) is 13.2 Å². The lowest BCUT2D eigenvalue weighted by Crippen LogP contribution is -2.34. The fourth-order valence-corrected chi connectivity index (χ4v) is 3.05. The van der Waals surface area contributed by atoms with Gasteiger partial charge in [0, 0.05) is 24.9 Å². The second-order valence-electron chi connectivity index (χ2n) is 7.08. The van der Waals surface area contributed by atoms with Gasteiger partial charge in [-0.15, -0.1) is 0 Å². The minimum absolute atomic E-state index is 0.130. The number of carbonyl (C=O) groups is 1. The average Bonchev–Trinajstić information content (AvgIpc) is 3.21. The first-order chi connectivity index (χ1) is 14.5. The van der Waals surface area contributed by atoms with Crippen LogP contribution in [0.3, 0.4) is 0 Å². The number of hydrogen-bond donors (Lipinski definition) is 1. The summed E-state index contributed by atoms with van der Waals surface area (Å²) in [5.41, 5.74) is 1.61. The predicted molar refractivity (Wildman–Crippen MR) is 110 cm³/mol. The van der Waals surface area contributed by atoms with E-state index in [1.807, 2.05) is 49.3 Å². The van der Waals surface area contributed by atoms with Crippen molar-refractivity contribution in [3.63, 3.8) is 0 Å². The van der Waals surface area contributed by atoms with Crippen LogP contribution in [0.25, 0.3) is 11.4 Å². The van der Waals surface area contributed by atoms with Crippen LogP contribution in [-0.4, -0.2) is 48.7 Å². The van der Waals surface area contributed by atoms with E-state index in [0.29, 0.717) is 24.7 Å². The molecule has 1 unspecified atom stereocenters. The SMILES string of the molecule is COc1ccc(-c2noc(CCC(=O)NCC(c3cccc(F)c3)N(C)C)n2)cc1. The van der Waals surface area contributed by atoms with Gasteiger partial charge < -0.3 is 19.5 Å². The lowest BCUT2D eigenvalue weighted by atomic mass is 10.1. The van der Waals surface area contributed by atoms with Crippen molar-refractivity contribution in [2.45, 2.75) is 18.9 Å². The molecule has 0 bridgehead atoms. The minimum atomic E-state index is -0.297. The Morgan fingerprint density at radius 2 is 2.00 bits per heavy atom. The summed E-state index contributed by atoms with van der Waals surface area (Å²) in [4.78, 5) is 18.6. The molecule has 1 amide bonds. The smallest absolute Gasteiger partial charge is 0.227 e. The van der Waals surface area contributed by atoms with Crippen LogP contribution in [0, 0.1) is 5.82 Å². The van der Waals surface area contributed by atoms with E-state index >= 15 is 0 Å². The normalized spacial score (nSPS) is 12.0. The van der Waals surface area contributed by atoms with E-state index in [4.69, 9.17) is 9.26 Å². The first kappa shape index (κ1) is 21.4. The lowest BCUT2D eigenvalue weighted by Gasteiger charge is -2.25. The molecule has 2 aromatic carbocycles. The highest BCUT2D eigenvalue weighted by Crippen LogP contribution is 2.20. The zero-order valence-corrected chi connectivity index (χ0v) is 17.3. The Bertz CT molecular complexity index is 973. The fraction of sp³-hybridized carbons (Fsp3) is 0.318. The van der Waals surface area contributed by atoms with Crippen molar-refractivity contribution in [2.75, 3.05) is 27.7 Å². The number of halogens is 1. The highest BCUT2D eigenvalue weighted by molar-refractivity contribution is 5.76. The number of rotatable bonds is 9. The third-order valence-corrected chi connectivity index (χ3v) is 4.73. The summed E-state index contributed by atoms with van der Waals surface area (Å²) in [5.74, 6) is 1.17. The summed E-state index contributed by atoms with van der Waals surface area (Å²) >= 11 is 0. The third-order valence-electron chi connectivity index (χ3n) is 4.73. The van der Waals surface area contributed by atoms with Gasteiger partial charge in [0.25, 0.3) is 0 Å². The Balaban J connectivity index is 1.52. The molecule has 0 aliphatic rings. The van der Waals surface area contributed by atoms with Gasteiger partial charge in [-0.25, -0.2) is 4.39 Å². The maximum atomic E-state index is 13.5. The van der Waals surface area contributed by atoms with Crippen molar-refractivity contribution in [3.05, 3.63) is 65.8 Å². The number of hydrogen-bond acceptors (Lipinski definition) is 6. The van der Waals surface area contributed by atoms with Gasteiger partial charge in [0.1, 0.15) is 11.6 Å². The van der Waals surface area contributed by atoms with Gasteiger partial charge in [-0.1, -0.05) is 17.3 Å². The van der Waals surface area contributed by atoms with E-state index in [-0.39, 0.29) is 24.2 Å². The van der Waals surface area contributed by atoms with Gasteiger partial charge in [-0.05, 0) is 56.1 Å². The first-order valence-corrected chi connectivity index (χ1v) is 9.62. The van der Waals surface area contributed by atoms with Crippen LogP contribution in [0.15, 0.2) is 53.1 Å². The maximum Gasteiger partial charge on any atom is 0.227 e. The van der Waals surface area contributed by atoms with Gasteiger partial charge in [0.2, 0.25) is 17.6 Å². The summed E-state index contributed by atoms with van der Waals surface area (Å²) in [6.45, 7) is 0.371. The van der Waals surface area contributed by atoms with E-state index in [9.17, 15) is 9.18 Å². The van der Waals surface area contributed by atoms with E-state index in [1.165, 1.54) is 12.1 Å². The number of amides is 1. The molecule has 3 aromatic rings. The summed E-state index contributed by atoms with van der Waals surface area (Å²) in [6.07, 6.45) is 0.551. The quantitative estimate of drug-likeness (QED) is 0.581. The third kappa shape index (κ3) is 5.64. The van der Waals surface area contributed by atoms with Gasteiger partial charge in [-0.3, -0.25) is 4.79 Å². The van der Waals surface area contributed by atoms with Crippen molar-refractivity contribution < 1.29 is 18.4 Å². The topological polar surface area (TPSA) is 80.5 Å². The molecule has 1 atom stereocenters. The molecular weight excluding hydrogens is 387 g/mol. The number of likely N-dealkylation sites (N-methyl/N-ethyl adjacent to an activating group) is 1. The molecule has 0 saturated carbocycles. The molecule has 8 heteroatoms. The van der Waals surface area contributed by atoms with Crippen LogP contribution < -0.4 is 10.1 Å². The number of benzene rings is 2. The number of nitrogens with zero attached hydrogens (tertiary/aromatic N) is 3. The largest absolute Gasteiger partial charge is 0.497 e. The van der Waals surface area contributed by atoms with Crippen LogP contribution in [0.2, 0.25) is 0 Å². The minimum Gasteiger partial charge on any atom is -0.497 e. The van der Waals surface area contributed by atoms with Gasteiger partial charge in [-0.2, -0.15) is 4.98 Å². The molecule has 0 aliphatic heterocycles. The molecule has 1 aromatic heterocycles. The van der Waals surface area contributed by atoms with Gasteiger partial charge in [0.05, 0.1) is 13.2 Å². The van der Waals surface area contributed by atoms with Gasteiger partial charge in [0.15, 0.2) is 0 Å². The molecule has 1 heterocycles. The Labute approximate surface area is 174 Å². The highest BCUT2D eigenvalue weighted by atomic mass is 19.1. The predicted octanol–water partition coefficient (Wildman–Crippen LogP) is 3.24. The molecule has 3 rings (SSSR count). The standard InChI is InChI=1S/C22H25FN4O3/c1-27(2)19(16-5-4-6-17(23)13-16)14-24-20(28)11-12-21-25-22(26-30-21)15-7-9-18(29-3)10-8-15/h4-10,13,19H,11-12,14H2,1-3H3,(H,24,28). The zero-order valence-electron chi connectivity index (χ0n) is 17.3. The van der Waals surface area contributed by atoms with Crippen molar-refractivity contribution in [1.82, 2.24) is 20.4 Å². The Hall–Kier alpha value is -3.26. The number of methoxy groups -OCH3 is 1. The maximum absolute atomic E-state index is 13.5. The lowest BCUT2D eigenvalue weighted by molar-refractivity contribution is -0.121. The van der Waals surface area contributed by atoms with Gasteiger partial charge >= 0.3 is 0 Å². The number of nitrogens with one attached hydrogen (secondary N) is 1. The van der Waals surface area contributed by atoms with Crippen molar-refractivity contribution >= 4 is 5.91 Å². The molecule has 1 N–H and O–H groups in total. The Morgan fingerprint density at radius 1 is 1.23 bits per heavy atom. The molecular formula is C22H25FN4O3. The molecule has 30 heavy (non-hydrogen) atoms. The van der Waals surface area contributed by atoms with Crippen LogP contribution >= 0.6 is 0 Å². The molecule has 0 saturated heterocycles. The van der Waals surface area contributed by atoms with Crippen LogP contribution in [-0.2, 0) is 11.2 Å². The van der Waals surface area contributed by atoms with Crippen molar-refractivity contribution in [2.24, 2.45) is 0 Å². The van der Waals surface area contributed by atoms with E-state index in [0.717, 1.165) is 16.9 Å². The van der Waals surface area contributed by atoms with E-state index < -0.39 is 0 Å². The van der Waals surface area contributed by atoms with Crippen molar-refractivity contribution in [1.29, 1.82) is 0 Å². The summed E-state index contributed by atoms with van der Waals surface area (Å²) in [6, 6.07) is 13.6. The monoisotopic (exact) mass is 412 g/mol. The molecule has 7 nitrogen and oxygen atoms in total. The molecule has 0 radical (unpaired) electrons. The summed E-state index contributed by atoms with van der Waals surface area (Å²) < 4.78 is 23.9. The Morgan fingerprint density at radius 3 is 2.67 bits per heavy atom.